The normalized spacial score (nSPS) is 13.9. The van der Waals surface area contributed by atoms with Crippen LogP contribution in [0.4, 0.5) is 13.2 Å². The van der Waals surface area contributed by atoms with Crippen LogP contribution in [-0.2, 0) is 21.0 Å². The number of aliphatic carboxylic acids is 1. The van der Waals surface area contributed by atoms with E-state index < -0.39 is 45.9 Å². The minimum absolute atomic E-state index is 0.349. The van der Waals surface area contributed by atoms with Gasteiger partial charge in [0.2, 0.25) is 10.0 Å². The van der Waals surface area contributed by atoms with E-state index in [0.29, 0.717) is 5.56 Å². The molecule has 0 bridgehead atoms. The van der Waals surface area contributed by atoms with Gasteiger partial charge in [-0.2, -0.15) is 13.2 Å². The highest BCUT2D eigenvalue weighted by Gasteiger charge is 2.30. The quantitative estimate of drug-likeness (QED) is 0.839. The number of carboxylic acids is 1. The van der Waals surface area contributed by atoms with Crippen molar-refractivity contribution >= 4 is 16.0 Å². The summed E-state index contributed by atoms with van der Waals surface area (Å²) in [4.78, 5) is 10.3. The molecule has 1 atom stereocenters. The van der Waals surface area contributed by atoms with Gasteiger partial charge in [0.1, 0.15) is 0 Å². The Morgan fingerprint density at radius 2 is 1.81 bits per heavy atom. The Labute approximate surface area is 119 Å². The van der Waals surface area contributed by atoms with E-state index in [2.05, 4.69) is 4.72 Å². The Balaban J connectivity index is 2.76. The number of halogens is 3. The Bertz CT molecular complexity index is 596. The van der Waals surface area contributed by atoms with Crippen LogP contribution in [0.3, 0.4) is 0 Å². The van der Waals surface area contributed by atoms with Crippen molar-refractivity contribution in [3.05, 3.63) is 35.4 Å². The van der Waals surface area contributed by atoms with Crippen LogP contribution >= 0.6 is 0 Å². The SMILES string of the molecule is CC(NS(=O)(=O)CCC(=O)O)c1ccc(C(F)(F)F)cc1. The van der Waals surface area contributed by atoms with E-state index in [1.807, 2.05) is 0 Å². The molecule has 1 aromatic rings. The molecular weight excluding hydrogens is 311 g/mol. The molecule has 0 amide bonds. The summed E-state index contributed by atoms with van der Waals surface area (Å²) in [5.41, 5.74) is -0.478. The second-order valence-corrected chi connectivity index (χ2v) is 6.30. The highest BCUT2D eigenvalue weighted by molar-refractivity contribution is 7.89. The van der Waals surface area contributed by atoms with Crippen LogP contribution in [-0.4, -0.2) is 25.2 Å². The molecule has 0 aromatic heterocycles. The second-order valence-electron chi connectivity index (χ2n) is 4.42. The fourth-order valence-electron chi connectivity index (χ4n) is 1.58. The lowest BCUT2D eigenvalue weighted by Gasteiger charge is -2.15. The lowest BCUT2D eigenvalue weighted by molar-refractivity contribution is -0.138. The van der Waals surface area contributed by atoms with E-state index in [0.717, 1.165) is 12.1 Å². The molecule has 1 unspecified atom stereocenters. The van der Waals surface area contributed by atoms with Gasteiger partial charge < -0.3 is 5.11 Å². The number of hydrogen-bond acceptors (Lipinski definition) is 3. The van der Waals surface area contributed by atoms with E-state index in [1.54, 1.807) is 0 Å². The first-order valence-electron chi connectivity index (χ1n) is 5.90. The van der Waals surface area contributed by atoms with Crippen LogP contribution in [0.1, 0.15) is 30.5 Å². The van der Waals surface area contributed by atoms with Crippen molar-refractivity contribution in [3.63, 3.8) is 0 Å². The van der Waals surface area contributed by atoms with Crippen molar-refractivity contribution in [1.82, 2.24) is 4.72 Å². The van der Waals surface area contributed by atoms with Crippen LogP contribution in [0.25, 0.3) is 0 Å². The smallest absolute Gasteiger partial charge is 0.416 e. The standard InChI is InChI=1S/C12H14F3NO4S/c1-8(16-21(19,20)7-6-11(17)18)9-2-4-10(5-3-9)12(13,14)15/h2-5,8,16H,6-7H2,1H3,(H,17,18). The molecule has 0 aliphatic carbocycles. The Kier molecular flexibility index (Phi) is 5.35. The van der Waals surface area contributed by atoms with Gasteiger partial charge >= 0.3 is 12.1 Å². The van der Waals surface area contributed by atoms with Gasteiger partial charge in [0.25, 0.3) is 0 Å². The van der Waals surface area contributed by atoms with Crippen molar-refractivity contribution in [2.75, 3.05) is 5.75 Å². The molecule has 1 aromatic carbocycles. The van der Waals surface area contributed by atoms with Crippen LogP contribution in [0.15, 0.2) is 24.3 Å². The summed E-state index contributed by atoms with van der Waals surface area (Å²) >= 11 is 0. The number of alkyl halides is 3. The van der Waals surface area contributed by atoms with E-state index in [-0.39, 0.29) is 0 Å². The van der Waals surface area contributed by atoms with Crippen LogP contribution in [0, 0.1) is 0 Å². The number of carboxylic acid groups (broad SMARTS) is 1. The average molecular weight is 325 g/mol. The van der Waals surface area contributed by atoms with Crippen molar-refractivity contribution in [2.45, 2.75) is 25.6 Å². The van der Waals surface area contributed by atoms with Crippen molar-refractivity contribution in [1.29, 1.82) is 0 Å². The van der Waals surface area contributed by atoms with Gasteiger partial charge in [-0.25, -0.2) is 13.1 Å². The summed E-state index contributed by atoms with van der Waals surface area (Å²) in [6.45, 7) is 1.46. The molecule has 2 N–H and O–H groups in total. The third kappa shape index (κ3) is 5.72. The molecule has 0 saturated heterocycles. The number of nitrogens with one attached hydrogen (secondary N) is 1. The maximum absolute atomic E-state index is 12.4. The maximum atomic E-state index is 12.4. The molecule has 0 aliphatic heterocycles. The Morgan fingerprint density at radius 3 is 2.24 bits per heavy atom. The maximum Gasteiger partial charge on any atom is 0.416 e. The predicted molar refractivity (Wildman–Crippen MR) is 69.0 cm³/mol. The summed E-state index contributed by atoms with van der Waals surface area (Å²) in [7, 11) is -3.82. The summed E-state index contributed by atoms with van der Waals surface area (Å²) in [5.74, 6) is -1.84. The van der Waals surface area contributed by atoms with Crippen molar-refractivity contribution < 1.29 is 31.5 Å². The first kappa shape index (κ1) is 17.4. The average Bonchev–Trinajstić information content (AvgIpc) is 2.35. The molecule has 0 radical (unpaired) electrons. The monoisotopic (exact) mass is 325 g/mol. The molecule has 1 rings (SSSR count). The topological polar surface area (TPSA) is 83.5 Å². The van der Waals surface area contributed by atoms with Gasteiger partial charge in [-0.3, -0.25) is 4.79 Å². The predicted octanol–water partition coefficient (Wildman–Crippen LogP) is 2.16. The van der Waals surface area contributed by atoms with Crippen LogP contribution in [0.2, 0.25) is 0 Å². The van der Waals surface area contributed by atoms with E-state index >= 15 is 0 Å². The number of carbonyl (C=O) groups is 1. The van der Waals surface area contributed by atoms with Gasteiger partial charge in [0.05, 0.1) is 17.7 Å². The van der Waals surface area contributed by atoms with E-state index in [1.165, 1.54) is 19.1 Å². The fourth-order valence-corrected chi connectivity index (χ4v) is 2.81. The van der Waals surface area contributed by atoms with Gasteiger partial charge in [-0.05, 0) is 24.6 Å². The Hall–Kier alpha value is -1.61. The zero-order valence-corrected chi connectivity index (χ0v) is 11.8. The fraction of sp³-hybridized carbons (Fsp3) is 0.417. The molecular formula is C12H14F3NO4S. The van der Waals surface area contributed by atoms with Crippen LogP contribution < -0.4 is 4.72 Å². The molecule has 21 heavy (non-hydrogen) atoms. The van der Waals surface area contributed by atoms with Gasteiger partial charge in [0, 0.05) is 6.04 Å². The molecule has 0 heterocycles. The van der Waals surface area contributed by atoms with E-state index in [9.17, 15) is 26.4 Å². The first-order chi connectivity index (χ1) is 9.51. The number of hydrogen-bond donors (Lipinski definition) is 2. The molecule has 118 valence electrons. The molecule has 0 fully saturated rings. The van der Waals surface area contributed by atoms with Gasteiger partial charge in [-0.1, -0.05) is 12.1 Å². The zero-order valence-electron chi connectivity index (χ0n) is 11.0. The van der Waals surface area contributed by atoms with Crippen molar-refractivity contribution in [2.24, 2.45) is 0 Å². The van der Waals surface area contributed by atoms with Crippen LogP contribution in [0.5, 0.6) is 0 Å². The molecule has 5 nitrogen and oxygen atoms in total. The molecule has 9 heteroatoms. The zero-order chi connectivity index (χ0) is 16.3. The lowest BCUT2D eigenvalue weighted by Crippen LogP contribution is -2.30. The number of rotatable bonds is 6. The third-order valence-electron chi connectivity index (χ3n) is 2.68. The second kappa shape index (κ2) is 6.44. The van der Waals surface area contributed by atoms with Gasteiger partial charge in [0.15, 0.2) is 0 Å². The molecule has 0 aliphatic rings. The number of benzene rings is 1. The summed E-state index contributed by atoms with van der Waals surface area (Å²) in [6, 6.07) is 3.31. The molecule has 0 spiro atoms. The first-order valence-corrected chi connectivity index (χ1v) is 7.55. The summed E-state index contributed by atoms with van der Waals surface area (Å²) < 4.78 is 62.6. The Morgan fingerprint density at radius 1 is 1.29 bits per heavy atom. The van der Waals surface area contributed by atoms with E-state index in [4.69, 9.17) is 5.11 Å². The van der Waals surface area contributed by atoms with Crippen molar-refractivity contribution in [3.8, 4) is 0 Å². The molecule has 0 saturated carbocycles. The minimum Gasteiger partial charge on any atom is -0.481 e. The highest BCUT2D eigenvalue weighted by atomic mass is 32.2. The summed E-state index contributed by atoms with van der Waals surface area (Å²) in [5, 5.41) is 8.44. The summed E-state index contributed by atoms with van der Waals surface area (Å²) in [6.07, 6.45) is -5.00. The number of sulfonamides is 1. The lowest BCUT2D eigenvalue weighted by atomic mass is 10.1. The largest absolute Gasteiger partial charge is 0.481 e. The third-order valence-corrected chi connectivity index (χ3v) is 4.13. The highest BCUT2D eigenvalue weighted by Crippen LogP contribution is 2.29. The van der Waals surface area contributed by atoms with Gasteiger partial charge in [-0.15, -0.1) is 0 Å². The minimum atomic E-state index is -4.46.